The normalized spacial score (nSPS) is 23.0. The van der Waals surface area contributed by atoms with Crippen LogP contribution in [0.4, 0.5) is 5.00 Å². The van der Waals surface area contributed by atoms with E-state index in [1.54, 1.807) is 4.90 Å². The summed E-state index contributed by atoms with van der Waals surface area (Å²) in [4.78, 5) is 37.3. The van der Waals surface area contributed by atoms with Crippen LogP contribution >= 0.6 is 23.7 Å². The summed E-state index contributed by atoms with van der Waals surface area (Å²) in [5.41, 5.74) is 0. The number of hydrogen-bond acceptors (Lipinski definition) is 6. The maximum absolute atomic E-state index is 12.6. The first-order valence-electron chi connectivity index (χ1n) is 8.12. The quantitative estimate of drug-likeness (QED) is 0.601. The van der Waals surface area contributed by atoms with Crippen molar-refractivity contribution < 1.29 is 14.5 Å². The van der Waals surface area contributed by atoms with Crippen LogP contribution in [0.3, 0.4) is 0 Å². The smallest absolute Gasteiger partial charge is 0.324 e. The minimum absolute atomic E-state index is 0. The van der Waals surface area contributed by atoms with E-state index in [0.717, 1.165) is 43.7 Å². The van der Waals surface area contributed by atoms with Gasteiger partial charge in [-0.1, -0.05) is 11.3 Å². The van der Waals surface area contributed by atoms with Gasteiger partial charge >= 0.3 is 5.00 Å². The average Bonchev–Trinajstić information content (AvgIpc) is 3.25. The molecular weight excluding hydrogens is 368 g/mol. The summed E-state index contributed by atoms with van der Waals surface area (Å²) in [6, 6.07) is 2.41. The molecule has 0 radical (unpaired) electrons. The molecule has 2 aliphatic heterocycles. The van der Waals surface area contributed by atoms with Gasteiger partial charge in [-0.2, -0.15) is 0 Å². The molecule has 2 N–H and O–H groups in total. The van der Waals surface area contributed by atoms with Gasteiger partial charge in [-0.3, -0.25) is 19.7 Å². The molecular formula is C15H21ClN4O4S. The molecule has 0 spiro atoms. The zero-order chi connectivity index (χ0) is 17.1. The number of thiophene rings is 1. The van der Waals surface area contributed by atoms with Crippen LogP contribution < -0.4 is 10.6 Å². The molecule has 0 bridgehead atoms. The second kappa shape index (κ2) is 8.59. The van der Waals surface area contributed by atoms with Crippen molar-refractivity contribution in [3.63, 3.8) is 0 Å². The Balaban J connectivity index is 0.00000225. The molecule has 0 saturated carbocycles. The van der Waals surface area contributed by atoms with Crippen LogP contribution in [0.25, 0.3) is 0 Å². The standard InChI is InChI=1S/C15H20N4O4S.ClH/c20-14(17-10-3-1-7-16-9-10)11-4-2-8-18(11)15(21)12-5-6-13(24-12)19(22)23;/h5-6,10-11,16H,1-4,7-9H2,(H,17,20);1H. The van der Waals surface area contributed by atoms with E-state index < -0.39 is 11.0 Å². The molecule has 3 rings (SSSR count). The van der Waals surface area contributed by atoms with Gasteiger partial charge in [0.05, 0.1) is 9.80 Å². The van der Waals surface area contributed by atoms with Crippen molar-refractivity contribution in [2.24, 2.45) is 0 Å². The second-order valence-electron chi connectivity index (χ2n) is 6.10. The van der Waals surface area contributed by atoms with Crippen LogP contribution in [0.2, 0.25) is 0 Å². The van der Waals surface area contributed by atoms with E-state index in [0.29, 0.717) is 17.8 Å². The van der Waals surface area contributed by atoms with Crippen LogP contribution in [0.1, 0.15) is 35.4 Å². The molecule has 2 amide bonds. The van der Waals surface area contributed by atoms with Gasteiger partial charge in [-0.05, 0) is 38.3 Å². The lowest BCUT2D eigenvalue weighted by molar-refractivity contribution is -0.380. The zero-order valence-corrected chi connectivity index (χ0v) is 15.2. The Morgan fingerprint density at radius 3 is 2.76 bits per heavy atom. The molecule has 25 heavy (non-hydrogen) atoms. The number of halogens is 1. The fourth-order valence-corrected chi connectivity index (χ4v) is 4.01. The number of nitrogens with one attached hydrogen (secondary N) is 2. The lowest BCUT2D eigenvalue weighted by Gasteiger charge is -2.28. The first-order valence-corrected chi connectivity index (χ1v) is 8.94. The molecule has 3 heterocycles. The lowest BCUT2D eigenvalue weighted by Crippen LogP contribution is -2.52. The first kappa shape index (κ1) is 19.6. The van der Waals surface area contributed by atoms with Crippen LogP contribution in [-0.2, 0) is 4.79 Å². The van der Waals surface area contributed by atoms with Gasteiger partial charge in [0.25, 0.3) is 5.91 Å². The van der Waals surface area contributed by atoms with Crippen LogP contribution in [-0.4, -0.2) is 53.4 Å². The average molecular weight is 389 g/mol. The molecule has 2 atom stereocenters. The summed E-state index contributed by atoms with van der Waals surface area (Å²) in [6.07, 6.45) is 3.36. The monoisotopic (exact) mass is 388 g/mol. The third-order valence-electron chi connectivity index (χ3n) is 4.44. The molecule has 2 saturated heterocycles. The zero-order valence-electron chi connectivity index (χ0n) is 13.6. The third kappa shape index (κ3) is 4.47. The van der Waals surface area contributed by atoms with Crippen molar-refractivity contribution in [1.29, 1.82) is 0 Å². The number of likely N-dealkylation sites (tertiary alicyclic amines) is 1. The Labute approximate surface area is 155 Å². The molecule has 1 aromatic heterocycles. The van der Waals surface area contributed by atoms with Gasteiger partial charge in [0.1, 0.15) is 6.04 Å². The van der Waals surface area contributed by atoms with E-state index in [-0.39, 0.29) is 35.3 Å². The molecule has 0 aromatic carbocycles. The molecule has 1 aromatic rings. The summed E-state index contributed by atoms with van der Waals surface area (Å²) in [5.74, 6) is -0.423. The Bertz CT molecular complexity index is 647. The molecule has 2 fully saturated rings. The highest BCUT2D eigenvalue weighted by Crippen LogP contribution is 2.28. The van der Waals surface area contributed by atoms with Crippen molar-refractivity contribution in [3.8, 4) is 0 Å². The summed E-state index contributed by atoms with van der Waals surface area (Å²) in [5, 5.41) is 17.0. The van der Waals surface area contributed by atoms with E-state index in [4.69, 9.17) is 0 Å². The predicted molar refractivity (Wildman–Crippen MR) is 96.3 cm³/mol. The van der Waals surface area contributed by atoms with Gasteiger partial charge in [0.2, 0.25) is 5.91 Å². The maximum atomic E-state index is 12.6. The van der Waals surface area contributed by atoms with Gasteiger partial charge in [-0.25, -0.2) is 0 Å². The largest absolute Gasteiger partial charge is 0.350 e. The number of carbonyl (C=O) groups excluding carboxylic acids is 2. The first-order chi connectivity index (χ1) is 11.6. The summed E-state index contributed by atoms with van der Waals surface area (Å²) in [6.45, 7) is 2.23. The number of nitro groups is 1. The van der Waals surface area contributed by atoms with E-state index in [1.165, 1.54) is 12.1 Å². The number of nitrogens with zero attached hydrogens (tertiary/aromatic N) is 2. The van der Waals surface area contributed by atoms with Gasteiger partial charge in [-0.15, -0.1) is 12.4 Å². The SMILES string of the molecule is Cl.O=C(NC1CCCNC1)C1CCCN1C(=O)c1ccc([N+](=O)[O-])s1. The minimum Gasteiger partial charge on any atom is -0.350 e. The van der Waals surface area contributed by atoms with Crippen molar-refractivity contribution in [1.82, 2.24) is 15.5 Å². The van der Waals surface area contributed by atoms with Gasteiger partial charge < -0.3 is 15.5 Å². The number of piperidine rings is 1. The topological polar surface area (TPSA) is 105 Å². The fourth-order valence-electron chi connectivity index (χ4n) is 3.24. The number of rotatable bonds is 4. The number of carbonyl (C=O) groups is 2. The Kier molecular flexibility index (Phi) is 6.74. The van der Waals surface area contributed by atoms with E-state index in [2.05, 4.69) is 10.6 Å². The molecule has 10 heteroatoms. The van der Waals surface area contributed by atoms with Crippen molar-refractivity contribution >= 4 is 40.6 Å². The van der Waals surface area contributed by atoms with Crippen LogP contribution in [0.15, 0.2) is 12.1 Å². The van der Waals surface area contributed by atoms with Crippen molar-refractivity contribution in [3.05, 3.63) is 27.1 Å². The molecule has 8 nitrogen and oxygen atoms in total. The van der Waals surface area contributed by atoms with E-state index in [9.17, 15) is 19.7 Å². The number of amides is 2. The Morgan fingerprint density at radius 1 is 1.32 bits per heavy atom. The summed E-state index contributed by atoms with van der Waals surface area (Å²) >= 11 is 0.853. The van der Waals surface area contributed by atoms with Gasteiger partial charge in [0.15, 0.2) is 0 Å². The molecule has 2 aliphatic rings. The second-order valence-corrected chi connectivity index (χ2v) is 7.17. The van der Waals surface area contributed by atoms with Crippen molar-refractivity contribution in [2.45, 2.75) is 37.8 Å². The van der Waals surface area contributed by atoms with Gasteiger partial charge in [0, 0.05) is 25.2 Å². The highest BCUT2D eigenvalue weighted by atomic mass is 35.5. The highest BCUT2D eigenvalue weighted by molar-refractivity contribution is 7.17. The highest BCUT2D eigenvalue weighted by Gasteiger charge is 2.36. The predicted octanol–water partition coefficient (Wildman–Crippen LogP) is 1.55. The third-order valence-corrected chi connectivity index (χ3v) is 5.47. The number of hydrogen-bond donors (Lipinski definition) is 2. The summed E-state index contributed by atoms with van der Waals surface area (Å²) in [7, 11) is 0. The lowest BCUT2D eigenvalue weighted by atomic mass is 10.1. The van der Waals surface area contributed by atoms with E-state index >= 15 is 0 Å². The molecule has 0 aliphatic carbocycles. The van der Waals surface area contributed by atoms with Crippen LogP contribution in [0, 0.1) is 10.1 Å². The maximum Gasteiger partial charge on any atom is 0.324 e. The Morgan fingerprint density at radius 2 is 2.12 bits per heavy atom. The fraction of sp³-hybridized carbons (Fsp3) is 0.600. The van der Waals surface area contributed by atoms with E-state index in [1.807, 2.05) is 0 Å². The van der Waals surface area contributed by atoms with Crippen LogP contribution in [0.5, 0.6) is 0 Å². The molecule has 2 unspecified atom stereocenters. The minimum atomic E-state index is -0.508. The Hall–Kier alpha value is -1.71. The van der Waals surface area contributed by atoms with Crippen molar-refractivity contribution in [2.75, 3.05) is 19.6 Å². The molecule has 138 valence electrons. The summed E-state index contributed by atoms with van der Waals surface area (Å²) < 4.78 is 0.